The van der Waals surface area contributed by atoms with Crippen molar-refractivity contribution in [2.24, 2.45) is 21.8 Å². The third-order valence-corrected chi connectivity index (χ3v) is 25.5. The van der Waals surface area contributed by atoms with Crippen LogP contribution in [0.1, 0.15) is 127 Å². The van der Waals surface area contributed by atoms with Gasteiger partial charge in [-0.2, -0.15) is 33.7 Å². The molecule has 0 aromatic heterocycles. The number of fused-ring (bicyclic) bond motifs is 4. The van der Waals surface area contributed by atoms with Gasteiger partial charge in [-0.15, -0.1) is 0 Å². The summed E-state index contributed by atoms with van der Waals surface area (Å²) in [7, 11) is -19.4. The summed E-state index contributed by atoms with van der Waals surface area (Å²) in [6.45, 7) is 27.6. The summed E-state index contributed by atoms with van der Waals surface area (Å²) in [5.74, 6) is -1.67. The second-order valence-corrected chi connectivity index (χ2v) is 36.2. The van der Waals surface area contributed by atoms with Gasteiger partial charge in [0.1, 0.15) is 42.3 Å². The predicted molar refractivity (Wildman–Crippen MR) is 463 cm³/mol. The molecule has 4 amide bonds. The molecule has 0 saturated carbocycles. The lowest BCUT2D eigenvalue weighted by molar-refractivity contribution is -0.119. The minimum absolute atomic E-state index is 0.0394. The van der Waals surface area contributed by atoms with Gasteiger partial charge >= 0.3 is 0 Å². The topological polar surface area (TPSA) is 409 Å². The van der Waals surface area contributed by atoms with Gasteiger partial charge in [0.2, 0.25) is 23.6 Å². The quantitative estimate of drug-likeness (QED) is 0.0153. The summed E-state index contributed by atoms with van der Waals surface area (Å²) in [4.78, 5) is 62.1. The number of unbranched alkanes of at least 4 members (excludes halogenated alkanes) is 2. The van der Waals surface area contributed by atoms with Crippen molar-refractivity contribution >= 4 is 143 Å². The normalized spacial score (nSPS) is 12.5. The van der Waals surface area contributed by atoms with Crippen LogP contribution >= 0.6 is 0 Å². The van der Waals surface area contributed by atoms with Gasteiger partial charge in [0.15, 0.2) is 0 Å². The van der Waals surface area contributed by atoms with Crippen molar-refractivity contribution in [3.8, 4) is 44.9 Å². The molecule has 0 unspecified atom stereocenters. The van der Waals surface area contributed by atoms with Crippen LogP contribution in [0.3, 0.4) is 0 Å². The minimum Gasteiger partial charge on any atom is -0.456 e. The summed E-state index contributed by atoms with van der Waals surface area (Å²) in [5, 5.41) is 20.2. The van der Waals surface area contributed by atoms with Crippen LogP contribution in [0.4, 0.5) is 56.9 Å². The first kappa shape index (κ1) is 86.6. The number of carbonyl (C=O) groups excluding carboxylic acids is 4. The maximum absolute atomic E-state index is 14.0. The lowest BCUT2D eigenvalue weighted by Crippen LogP contribution is -2.20. The number of nitrogens with zero attached hydrogens (tertiary/aromatic N) is 2. The van der Waals surface area contributed by atoms with E-state index in [2.05, 4.69) is 31.9 Å². The first-order valence-electron chi connectivity index (χ1n) is 38.3. The van der Waals surface area contributed by atoms with Crippen molar-refractivity contribution in [2.75, 3.05) is 31.9 Å². The highest BCUT2D eigenvalue weighted by molar-refractivity contribution is 7.86. The molecule has 12 rings (SSSR count). The first-order chi connectivity index (χ1) is 55.8. The molecule has 2 heterocycles. The summed E-state index contributed by atoms with van der Waals surface area (Å²) in [6, 6.07) is 36.0. The number of hydrogen-bond acceptors (Lipinski definition) is 18. The molecule has 8 aromatic carbocycles. The van der Waals surface area contributed by atoms with E-state index < -0.39 is 68.0 Å². The monoisotopic (exact) mass is 1690 g/mol. The highest BCUT2D eigenvalue weighted by Crippen LogP contribution is 2.48. The highest BCUT2D eigenvalue weighted by Gasteiger charge is 2.32. The Morgan fingerprint density at radius 1 is 0.361 bits per heavy atom. The van der Waals surface area contributed by atoms with Crippen molar-refractivity contribution in [2.45, 2.75) is 162 Å². The molecule has 10 N–H and O–H groups in total. The molecule has 0 fully saturated rings. The molecule has 2 aliphatic carbocycles. The zero-order valence-electron chi connectivity index (χ0n) is 68.4. The molecule has 2 aliphatic heterocycles. The molecular formula is C89H92N8O18S4. The Morgan fingerprint density at radius 3 is 1.09 bits per heavy atom. The van der Waals surface area contributed by atoms with Crippen LogP contribution in [0.5, 0.6) is 0 Å². The second-order valence-electron chi connectivity index (χ2n) is 30.7. The van der Waals surface area contributed by atoms with E-state index in [0.29, 0.717) is 97.4 Å². The van der Waals surface area contributed by atoms with Gasteiger partial charge in [0.25, 0.3) is 40.5 Å². The number of carbonyl (C=O) groups is 4. The van der Waals surface area contributed by atoms with Gasteiger partial charge in [0, 0.05) is 127 Å². The molecule has 4 aliphatic rings. The van der Waals surface area contributed by atoms with Crippen LogP contribution < -0.4 is 42.6 Å². The van der Waals surface area contributed by atoms with E-state index in [9.17, 15) is 71.1 Å². The molecule has 0 saturated heterocycles. The number of benzene rings is 10. The van der Waals surface area contributed by atoms with Crippen LogP contribution in [-0.2, 0) is 59.7 Å². The fourth-order valence-corrected chi connectivity index (χ4v) is 19.0. The van der Waals surface area contributed by atoms with Crippen LogP contribution in [0, 0.1) is 94.9 Å². The standard InChI is InChI=1S/C89H92N8O18S4/c1-44(2)88(100)96-81-49(8)39-47(6)79(51(81)10)91-59-31-35-63-69(41-59)115-70-42-60(32-36-64(70)77(63)67-25-21-23-27-73(67)117(105,106)107)92-82-52(11)84(56(15)86(54(82)13)118(108,109)110)95-75(99)29-19-17-18-28-74(98)94-80-48(7)38-46(5)78(50(80)9)90-58-30-34-62-68(40-58)114-71-43-61(33-37-65(71)76(62)66-24-20-22-26-72(66)116(102,103)104)93-83-53(12)85(97-89(101)45(3)4)57(16)87(55(83)14)119(111,112)113/h20-27,30-45,90-91H,17-19,28-29H2,1-16H3,(H,94,98)(H,95,99)(H,96,100)(H,97,101)(H,102,103,104)(H,105,106,107)(H,108,109,110)(H,111,112,113). The number of aryl methyl sites for hydroxylation is 4. The second kappa shape index (κ2) is 33.6. The van der Waals surface area contributed by atoms with Gasteiger partial charge in [-0.05, 0) is 223 Å². The van der Waals surface area contributed by atoms with E-state index >= 15 is 0 Å². The van der Waals surface area contributed by atoms with Gasteiger partial charge in [0.05, 0.1) is 33.5 Å². The molecule has 26 nitrogen and oxygen atoms in total. The van der Waals surface area contributed by atoms with E-state index in [1.54, 1.807) is 125 Å². The van der Waals surface area contributed by atoms with Gasteiger partial charge in [-0.25, -0.2) is 9.98 Å². The third kappa shape index (κ3) is 17.9. The molecule has 8 aromatic rings. The van der Waals surface area contributed by atoms with E-state index in [0.717, 1.165) is 33.5 Å². The zero-order valence-corrected chi connectivity index (χ0v) is 71.7. The number of amides is 4. The summed E-state index contributed by atoms with van der Waals surface area (Å²) in [5.41, 5.74) is 12.6. The Morgan fingerprint density at radius 2 is 0.714 bits per heavy atom. The minimum atomic E-state index is -4.95. The SMILES string of the molecule is Cc1cc(C)c(Nc2ccc3c(-c4ccccc4S(=O)(=O)O)c4ccc(=Nc5c(C)c(NC(=O)C(C)C)c(C)c(S(=O)(=O)O)c5C)cc-4oc3c2)c(C)c1NC(=O)CCCCCC(=O)Nc1c(C)c(N=c2ccc3c(-c4ccccc4S(=O)(=O)O)c4ccc(Nc5c(C)cc(C)c(NC(=O)C(C)C)c5C)cc4oc-3c2)c(C)c(S(=O)(=O)O)c1C. The predicted octanol–water partition coefficient (Wildman–Crippen LogP) is 19.1. The van der Waals surface area contributed by atoms with Crippen molar-refractivity contribution in [1.82, 2.24) is 0 Å². The summed E-state index contributed by atoms with van der Waals surface area (Å²) in [6.07, 6.45) is 1.17. The Labute approximate surface area is 690 Å². The van der Waals surface area contributed by atoms with Crippen molar-refractivity contribution in [3.05, 3.63) is 211 Å². The molecule has 0 atom stereocenters. The Kier molecular flexibility index (Phi) is 24.4. The Bertz CT molecular complexity index is 6850. The largest absolute Gasteiger partial charge is 0.456 e. The summed E-state index contributed by atoms with van der Waals surface area (Å²) < 4.78 is 161. The highest BCUT2D eigenvalue weighted by atomic mass is 32.2. The Hall–Kier alpha value is -11.7. The number of rotatable bonds is 24. The zero-order chi connectivity index (χ0) is 86.7. The van der Waals surface area contributed by atoms with Crippen LogP contribution in [0.15, 0.2) is 172 Å². The molecule has 119 heavy (non-hydrogen) atoms. The number of anilines is 8. The fourth-order valence-electron chi connectivity index (χ4n) is 15.7. The van der Waals surface area contributed by atoms with Gasteiger partial charge < -0.3 is 40.7 Å². The molecule has 620 valence electrons. The van der Waals surface area contributed by atoms with E-state index in [1.807, 2.05) is 67.5 Å². The van der Waals surface area contributed by atoms with Crippen LogP contribution in [0.25, 0.3) is 66.8 Å². The van der Waals surface area contributed by atoms with Crippen molar-refractivity contribution in [1.29, 1.82) is 0 Å². The lowest BCUT2D eigenvalue weighted by atomic mass is 9.93. The van der Waals surface area contributed by atoms with E-state index in [-0.39, 0.29) is 130 Å². The van der Waals surface area contributed by atoms with E-state index in [1.165, 1.54) is 52.0 Å². The average molecular weight is 1690 g/mol. The number of nitrogens with one attached hydrogen (secondary N) is 6. The maximum Gasteiger partial charge on any atom is 0.295 e. The third-order valence-electron chi connectivity index (χ3n) is 21.4. The molecule has 0 spiro atoms. The summed E-state index contributed by atoms with van der Waals surface area (Å²) >= 11 is 0. The lowest BCUT2D eigenvalue weighted by Gasteiger charge is -2.21. The molecular weight excluding hydrogens is 1600 g/mol. The maximum atomic E-state index is 14.0. The van der Waals surface area contributed by atoms with E-state index in [4.69, 9.17) is 18.8 Å². The molecule has 0 radical (unpaired) electrons. The Balaban J connectivity index is 0.785. The molecule has 30 heteroatoms. The van der Waals surface area contributed by atoms with Crippen molar-refractivity contribution < 1.29 is 79.9 Å². The van der Waals surface area contributed by atoms with Crippen molar-refractivity contribution in [3.63, 3.8) is 0 Å². The average Bonchev–Trinajstić information content (AvgIpc) is 0.749. The fraction of sp³-hybridized carbons (Fsp3) is 0.258. The van der Waals surface area contributed by atoms with Gasteiger partial charge in [-0.3, -0.25) is 37.4 Å². The smallest absolute Gasteiger partial charge is 0.295 e. The first-order valence-corrected chi connectivity index (χ1v) is 44.0. The number of hydrogen-bond donors (Lipinski definition) is 10. The van der Waals surface area contributed by atoms with Gasteiger partial charge in [-0.1, -0.05) is 82.6 Å². The molecule has 0 bridgehead atoms. The van der Waals surface area contributed by atoms with Crippen LogP contribution in [0.2, 0.25) is 0 Å². The van der Waals surface area contributed by atoms with Crippen LogP contribution in [-0.4, -0.2) is 75.5 Å².